The van der Waals surface area contributed by atoms with Crippen molar-refractivity contribution in [3.8, 4) is 11.1 Å². The van der Waals surface area contributed by atoms with Crippen molar-refractivity contribution >= 4 is 33.9 Å². The molecule has 3 N–H and O–H groups in total. The van der Waals surface area contributed by atoms with Gasteiger partial charge in [-0.15, -0.1) is 11.3 Å². The lowest BCUT2D eigenvalue weighted by Crippen LogP contribution is -2.00. The van der Waals surface area contributed by atoms with Gasteiger partial charge in [0.15, 0.2) is 0 Å². The van der Waals surface area contributed by atoms with Crippen molar-refractivity contribution in [3.05, 3.63) is 40.2 Å². The maximum atomic E-state index is 11.0. The first-order valence-electron chi connectivity index (χ1n) is 6.46. The van der Waals surface area contributed by atoms with E-state index in [-0.39, 0.29) is 5.56 Å². The number of aromatic carboxylic acids is 1. The van der Waals surface area contributed by atoms with E-state index in [4.69, 9.17) is 22.4 Å². The lowest BCUT2D eigenvalue weighted by Gasteiger charge is -2.01. The summed E-state index contributed by atoms with van der Waals surface area (Å²) in [5, 5.41) is 11.7. The first-order chi connectivity index (χ1) is 9.59. The molecule has 20 heavy (non-hydrogen) atoms. The minimum atomic E-state index is -1.01. The fraction of sp³-hybridized carbons (Fsp3) is 0.267. The van der Waals surface area contributed by atoms with Gasteiger partial charge in [-0.3, -0.25) is 0 Å². The van der Waals surface area contributed by atoms with Crippen molar-refractivity contribution in [3.63, 3.8) is 0 Å². The topological polar surface area (TPSA) is 63.3 Å². The number of anilines is 1. The van der Waals surface area contributed by atoms with E-state index >= 15 is 0 Å². The van der Waals surface area contributed by atoms with E-state index in [0.717, 1.165) is 5.56 Å². The quantitative estimate of drug-likeness (QED) is 0.780. The third-order valence-corrected chi connectivity index (χ3v) is 3.25. The van der Waals surface area contributed by atoms with Gasteiger partial charge in [0, 0.05) is 16.0 Å². The zero-order valence-corrected chi connectivity index (χ0v) is 13.7. The standard InChI is InChI=1S/C11H8ClNO2S.2C2H6/c12-7-3-1-6(2-4-7)8-5-16-10(13)9(8)11(14)15;2*1-2/h1-5H,13H2,(H,14,15);2*1-2H3. The first kappa shape index (κ1) is 18.5. The van der Waals surface area contributed by atoms with E-state index in [1.54, 1.807) is 29.6 Å². The SMILES string of the molecule is CC.CC.Nc1scc(-c2ccc(Cl)cc2)c1C(=O)O. The molecule has 0 fully saturated rings. The molecule has 0 aliphatic heterocycles. The van der Waals surface area contributed by atoms with Gasteiger partial charge in [0.25, 0.3) is 0 Å². The molecule has 1 heterocycles. The molecule has 0 unspecified atom stereocenters. The van der Waals surface area contributed by atoms with Gasteiger partial charge in [0.2, 0.25) is 0 Å². The van der Waals surface area contributed by atoms with E-state index in [0.29, 0.717) is 15.6 Å². The van der Waals surface area contributed by atoms with E-state index < -0.39 is 5.97 Å². The van der Waals surface area contributed by atoms with Crippen LogP contribution in [-0.2, 0) is 0 Å². The minimum absolute atomic E-state index is 0.160. The Kier molecular flexibility index (Phi) is 8.68. The molecule has 1 aromatic carbocycles. The lowest BCUT2D eigenvalue weighted by molar-refractivity contribution is 0.0699. The molecule has 1 aromatic heterocycles. The number of carboxylic acid groups (broad SMARTS) is 1. The van der Waals surface area contributed by atoms with Crippen LogP contribution in [0, 0.1) is 0 Å². The van der Waals surface area contributed by atoms with Crippen molar-refractivity contribution in [2.45, 2.75) is 27.7 Å². The van der Waals surface area contributed by atoms with Crippen molar-refractivity contribution in [1.29, 1.82) is 0 Å². The summed E-state index contributed by atoms with van der Waals surface area (Å²) in [6, 6.07) is 6.99. The van der Waals surface area contributed by atoms with Gasteiger partial charge in [-0.05, 0) is 17.7 Å². The molecular weight excluding hydrogens is 294 g/mol. The van der Waals surface area contributed by atoms with Gasteiger partial charge in [-0.1, -0.05) is 51.4 Å². The van der Waals surface area contributed by atoms with E-state index in [1.165, 1.54) is 11.3 Å². The molecule has 0 saturated carbocycles. The predicted molar refractivity (Wildman–Crippen MR) is 88.8 cm³/mol. The second kappa shape index (κ2) is 9.39. The van der Waals surface area contributed by atoms with Crippen LogP contribution < -0.4 is 5.73 Å². The van der Waals surface area contributed by atoms with E-state index in [2.05, 4.69) is 0 Å². The van der Waals surface area contributed by atoms with Crippen LogP contribution in [0.2, 0.25) is 5.02 Å². The number of nitrogens with two attached hydrogens (primary N) is 1. The Morgan fingerprint density at radius 3 is 2.10 bits per heavy atom. The highest BCUT2D eigenvalue weighted by Crippen LogP contribution is 2.33. The molecule has 0 aliphatic rings. The highest BCUT2D eigenvalue weighted by Gasteiger charge is 2.17. The molecule has 0 radical (unpaired) electrons. The number of nitrogen functional groups attached to an aromatic ring is 1. The first-order valence-corrected chi connectivity index (χ1v) is 7.71. The van der Waals surface area contributed by atoms with Crippen LogP contribution in [0.4, 0.5) is 5.00 Å². The van der Waals surface area contributed by atoms with Gasteiger partial charge in [-0.25, -0.2) is 4.79 Å². The highest BCUT2D eigenvalue weighted by molar-refractivity contribution is 7.14. The van der Waals surface area contributed by atoms with Crippen LogP contribution in [0.3, 0.4) is 0 Å². The van der Waals surface area contributed by atoms with Crippen LogP contribution in [0.25, 0.3) is 11.1 Å². The molecule has 0 saturated heterocycles. The van der Waals surface area contributed by atoms with Crippen molar-refractivity contribution < 1.29 is 9.90 Å². The van der Waals surface area contributed by atoms with E-state index in [1.807, 2.05) is 27.7 Å². The van der Waals surface area contributed by atoms with Crippen LogP contribution in [0.15, 0.2) is 29.6 Å². The Labute approximate surface area is 129 Å². The Bertz CT molecular complexity index is 535. The van der Waals surface area contributed by atoms with Gasteiger partial charge < -0.3 is 10.8 Å². The lowest BCUT2D eigenvalue weighted by atomic mass is 10.0. The summed E-state index contributed by atoms with van der Waals surface area (Å²) in [7, 11) is 0. The van der Waals surface area contributed by atoms with Gasteiger partial charge >= 0.3 is 5.97 Å². The number of hydrogen-bond donors (Lipinski definition) is 2. The summed E-state index contributed by atoms with van der Waals surface area (Å²) in [4.78, 5) is 11.0. The van der Waals surface area contributed by atoms with Crippen molar-refractivity contribution in [2.24, 2.45) is 0 Å². The average Bonchev–Trinajstić information content (AvgIpc) is 2.86. The molecule has 2 rings (SSSR count). The van der Waals surface area contributed by atoms with Crippen LogP contribution in [0.1, 0.15) is 38.1 Å². The summed E-state index contributed by atoms with van der Waals surface area (Å²) in [5.74, 6) is -1.01. The molecule has 2 aromatic rings. The summed E-state index contributed by atoms with van der Waals surface area (Å²) in [6.07, 6.45) is 0. The maximum Gasteiger partial charge on any atom is 0.339 e. The predicted octanol–water partition coefficient (Wildman–Crippen LogP) is 5.40. The van der Waals surface area contributed by atoms with E-state index in [9.17, 15) is 4.79 Å². The number of benzene rings is 1. The molecule has 0 amide bonds. The molecule has 0 spiro atoms. The summed E-state index contributed by atoms with van der Waals surface area (Å²) < 4.78 is 0. The monoisotopic (exact) mass is 313 g/mol. The zero-order valence-electron chi connectivity index (χ0n) is 12.1. The maximum absolute atomic E-state index is 11.0. The fourth-order valence-corrected chi connectivity index (χ4v) is 2.38. The fourth-order valence-electron chi connectivity index (χ4n) is 1.44. The number of hydrogen-bond acceptors (Lipinski definition) is 3. The Morgan fingerprint density at radius 2 is 1.65 bits per heavy atom. The third-order valence-electron chi connectivity index (χ3n) is 2.19. The molecule has 5 heteroatoms. The number of rotatable bonds is 2. The third kappa shape index (κ3) is 4.54. The Hall–Kier alpha value is -1.52. The molecular formula is C15H20ClNO2S. The van der Waals surface area contributed by atoms with Crippen LogP contribution in [0.5, 0.6) is 0 Å². The van der Waals surface area contributed by atoms with Crippen molar-refractivity contribution in [1.82, 2.24) is 0 Å². The van der Waals surface area contributed by atoms with Crippen molar-refractivity contribution in [2.75, 3.05) is 5.73 Å². The number of carboxylic acids is 1. The second-order valence-electron chi connectivity index (χ2n) is 3.20. The Morgan fingerprint density at radius 1 is 1.15 bits per heavy atom. The van der Waals surface area contributed by atoms with Crippen LogP contribution >= 0.6 is 22.9 Å². The van der Waals surface area contributed by atoms with Crippen LogP contribution in [-0.4, -0.2) is 11.1 Å². The summed E-state index contributed by atoms with van der Waals surface area (Å²) in [6.45, 7) is 8.00. The minimum Gasteiger partial charge on any atom is -0.478 e. The van der Waals surface area contributed by atoms with Gasteiger partial charge in [0.1, 0.15) is 10.6 Å². The second-order valence-corrected chi connectivity index (χ2v) is 4.55. The highest BCUT2D eigenvalue weighted by atomic mass is 35.5. The normalized spacial score (nSPS) is 8.85. The number of halogens is 1. The molecule has 3 nitrogen and oxygen atoms in total. The zero-order chi connectivity index (χ0) is 15.7. The van der Waals surface area contributed by atoms with Gasteiger partial charge in [0.05, 0.1) is 0 Å². The molecule has 0 atom stereocenters. The largest absolute Gasteiger partial charge is 0.478 e. The molecule has 0 aliphatic carbocycles. The Balaban J connectivity index is 0.000000829. The summed E-state index contributed by atoms with van der Waals surface area (Å²) in [5.41, 5.74) is 7.21. The number of thiophene rings is 1. The summed E-state index contributed by atoms with van der Waals surface area (Å²) >= 11 is 6.99. The molecule has 110 valence electrons. The average molecular weight is 314 g/mol. The molecule has 0 bridgehead atoms. The smallest absolute Gasteiger partial charge is 0.339 e. The number of carbonyl (C=O) groups is 1. The van der Waals surface area contributed by atoms with Gasteiger partial charge in [-0.2, -0.15) is 0 Å².